The quantitative estimate of drug-likeness (QED) is 0.589. The Morgan fingerprint density at radius 2 is 1.97 bits per heavy atom. The number of thioether (sulfide) groups is 1. The first kappa shape index (κ1) is 20.8. The van der Waals surface area contributed by atoms with Crippen molar-refractivity contribution >= 4 is 35.0 Å². The van der Waals surface area contributed by atoms with Crippen LogP contribution in [-0.4, -0.2) is 26.0 Å². The minimum atomic E-state index is -0.418. The summed E-state index contributed by atoms with van der Waals surface area (Å²) in [7, 11) is 0. The second kappa shape index (κ2) is 8.70. The molecule has 0 saturated heterocycles. The Morgan fingerprint density at radius 1 is 1.20 bits per heavy atom. The maximum Gasteiger partial charge on any atom is 0.240 e. The molecule has 156 valence electrons. The second-order valence-electron chi connectivity index (χ2n) is 7.49. The van der Waals surface area contributed by atoms with Crippen LogP contribution in [0.2, 0.25) is 5.02 Å². The van der Waals surface area contributed by atoms with Crippen molar-refractivity contribution in [3.8, 4) is 0 Å². The molecule has 0 spiro atoms. The number of fused-ring (bicyclic) bond motifs is 1. The monoisotopic (exact) mass is 441 g/mol. The van der Waals surface area contributed by atoms with Crippen LogP contribution < -0.4 is 10.7 Å². The Hall–Kier alpha value is -2.51. The molecule has 0 radical (unpaired) electrons. The van der Waals surface area contributed by atoms with Crippen molar-refractivity contribution in [2.45, 2.75) is 50.1 Å². The SMILES string of the molecule is CCCc1nnc2n1N[C@@H](c1ccc(Cl)cc1)[C@@H](C(=O)Nc1ccc(C)cc1C)S2. The van der Waals surface area contributed by atoms with E-state index in [1.165, 1.54) is 11.8 Å². The molecule has 3 aromatic rings. The van der Waals surface area contributed by atoms with Crippen LogP contribution >= 0.6 is 23.4 Å². The molecule has 1 aliphatic heterocycles. The number of carbonyl (C=O) groups excluding carboxylic acids is 1. The second-order valence-corrected chi connectivity index (χ2v) is 9.03. The molecule has 0 unspecified atom stereocenters. The summed E-state index contributed by atoms with van der Waals surface area (Å²) in [5.41, 5.74) is 7.47. The van der Waals surface area contributed by atoms with Gasteiger partial charge < -0.3 is 10.7 Å². The van der Waals surface area contributed by atoms with E-state index in [0.29, 0.717) is 10.2 Å². The highest BCUT2D eigenvalue weighted by Gasteiger charge is 2.37. The van der Waals surface area contributed by atoms with Gasteiger partial charge in [-0.15, -0.1) is 10.2 Å². The standard InChI is InChI=1S/C22H24ClN5OS/c1-4-5-18-25-26-22-28(18)27-19(15-7-9-16(23)10-8-15)20(30-22)21(29)24-17-11-6-13(2)12-14(17)3/h6-12,19-20,27H,4-5H2,1-3H3,(H,24,29)/t19-,20-/m0/s1. The molecule has 1 amide bonds. The van der Waals surface area contributed by atoms with Crippen molar-refractivity contribution in [3.63, 3.8) is 0 Å². The third kappa shape index (κ3) is 4.18. The zero-order chi connectivity index (χ0) is 21.3. The van der Waals surface area contributed by atoms with E-state index in [1.54, 1.807) is 0 Å². The van der Waals surface area contributed by atoms with Crippen molar-refractivity contribution in [3.05, 3.63) is 70.0 Å². The number of benzene rings is 2. The average molecular weight is 442 g/mol. The number of nitrogens with one attached hydrogen (secondary N) is 2. The van der Waals surface area contributed by atoms with E-state index in [1.807, 2.05) is 54.9 Å². The van der Waals surface area contributed by atoms with Crippen LogP contribution in [0.15, 0.2) is 47.6 Å². The number of halogens is 1. The van der Waals surface area contributed by atoms with Gasteiger partial charge in [0.2, 0.25) is 11.1 Å². The van der Waals surface area contributed by atoms with Gasteiger partial charge in [-0.25, -0.2) is 4.68 Å². The van der Waals surface area contributed by atoms with Gasteiger partial charge in [0.1, 0.15) is 5.25 Å². The van der Waals surface area contributed by atoms with Crippen LogP contribution in [0.25, 0.3) is 0 Å². The maximum atomic E-state index is 13.3. The molecular weight excluding hydrogens is 418 g/mol. The van der Waals surface area contributed by atoms with Crippen molar-refractivity contribution in [2.75, 3.05) is 10.7 Å². The smallest absolute Gasteiger partial charge is 0.240 e. The van der Waals surface area contributed by atoms with E-state index in [-0.39, 0.29) is 11.9 Å². The Bertz CT molecular complexity index is 1070. The highest BCUT2D eigenvalue weighted by atomic mass is 35.5. The fourth-order valence-electron chi connectivity index (χ4n) is 3.56. The fraction of sp³-hybridized carbons (Fsp3) is 0.318. The molecule has 8 heteroatoms. The number of aryl methyl sites for hydroxylation is 3. The molecule has 1 aromatic heterocycles. The van der Waals surface area contributed by atoms with Gasteiger partial charge in [-0.2, -0.15) is 0 Å². The lowest BCUT2D eigenvalue weighted by Gasteiger charge is -2.33. The molecule has 2 aromatic carbocycles. The highest BCUT2D eigenvalue weighted by molar-refractivity contribution is 8.00. The summed E-state index contributed by atoms with van der Waals surface area (Å²) in [6.07, 6.45) is 1.78. The third-order valence-corrected chi connectivity index (χ3v) is 6.57. The average Bonchev–Trinajstić information content (AvgIpc) is 3.12. The van der Waals surface area contributed by atoms with Gasteiger partial charge in [0.05, 0.1) is 6.04 Å². The molecule has 0 fully saturated rings. The zero-order valence-electron chi connectivity index (χ0n) is 17.1. The van der Waals surface area contributed by atoms with E-state index >= 15 is 0 Å². The molecule has 2 atom stereocenters. The van der Waals surface area contributed by atoms with E-state index in [9.17, 15) is 4.79 Å². The van der Waals surface area contributed by atoms with Crippen LogP contribution in [0.5, 0.6) is 0 Å². The van der Waals surface area contributed by atoms with Crippen LogP contribution in [0.4, 0.5) is 5.69 Å². The molecule has 0 aliphatic carbocycles. The Morgan fingerprint density at radius 3 is 2.67 bits per heavy atom. The lowest BCUT2D eigenvalue weighted by atomic mass is 10.0. The van der Waals surface area contributed by atoms with Gasteiger partial charge >= 0.3 is 0 Å². The number of amides is 1. The number of hydrogen-bond acceptors (Lipinski definition) is 5. The van der Waals surface area contributed by atoms with E-state index in [0.717, 1.165) is 41.0 Å². The first-order chi connectivity index (χ1) is 14.5. The van der Waals surface area contributed by atoms with Crippen molar-refractivity contribution < 1.29 is 4.79 Å². The molecule has 4 rings (SSSR count). The summed E-state index contributed by atoms with van der Waals surface area (Å²) < 4.78 is 1.91. The van der Waals surface area contributed by atoms with Gasteiger partial charge in [-0.3, -0.25) is 4.79 Å². The summed E-state index contributed by atoms with van der Waals surface area (Å²) in [6, 6.07) is 13.3. The van der Waals surface area contributed by atoms with E-state index < -0.39 is 5.25 Å². The Labute approximate surface area is 185 Å². The number of hydrogen-bond donors (Lipinski definition) is 2. The molecule has 30 heavy (non-hydrogen) atoms. The minimum Gasteiger partial charge on any atom is -0.325 e. The molecule has 0 saturated carbocycles. The van der Waals surface area contributed by atoms with Crippen molar-refractivity contribution in [1.29, 1.82) is 0 Å². The number of rotatable bonds is 5. The highest BCUT2D eigenvalue weighted by Crippen LogP contribution is 2.38. The topological polar surface area (TPSA) is 71.8 Å². The number of nitrogens with zero attached hydrogens (tertiary/aromatic N) is 3. The lowest BCUT2D eigenvalue weighted by Crippen LogP contribution is -2.41. The summed E-state index contributed by atoms with van der Waals surface area (Å²) in [5.74, 6) is 0.790. The molecule has 2 heterocycles. The minimum absolute atomic E-state index is 0.0781. The molecule has 0 bridgehead atoms. The lowest BCUT2D eigenvalue weighted by molar-refractivity contribution is -0.116. The molecular formula is C22H24ClN5OS. The third-order valence-electron chi connectivity index (χ3n) is 5.10. The Kier molecular flexibility index (Phi) is 6.01. The van der Waals surface area contributed by atoms with Crippen LogP contribution in [0.1, 0.15) is 41.9 Å². The summed E-state index contributed by atoms with van der Waals surface area (Å²) >= 11 is 7.52. The normalized spacial score (nSPS) is 17.9. The van der Waals surface area contributed by atoms with Crippen LogP contribution in [-0.2, 0) is 11.2 Å². The van der Waals surface area contributed by atoms with Gasteiger partial charge in [-0.05, 0) is 49.6 Å². The van der Waals surface area contributed by atoms with Gasteiger partial charge in [0, 0.05) is 17.1 Å². The summed E-state index contributed by atoms with van der Waals surface area (Å²) in [4.78, 5) is 13.3. The van der Waals surface area contributed by atoms with Gasteiger partial charge in [-0.1, -0.05) is 60.1 Å². The first-order valence-corrected chi connectivity index (χ1v) is 11.2. The zero-order valence-corrected chi connectivity index (χ0v) is 18.7. The fourth-order valence-corrected chi connectivity index (χ4v) is 4.79. The number of carbonyl (C=O) groups is 1. The number of anilines is 1. The molecule has 6 nitrogen and oxygen atoms in total. The van der Waals surface area contributed by atoms with E-state index in [2.05, 4.69) is 33.9 Å². The molecule has 2 N–H and O–H groups in total. The number of aromatic nitrogens is 3. The molecule has 1 aliphatic rings. The maximum absolute atomic E-state index is 13.3. The predicted octanol–water partition coefficient (Wildman–Crippen LogP) is 4.90. The van der Waals surface area contributed by atoms with Crippen LogP contribution in [0, 0.1) is 13.8 Å². The largest absolute Gasteiger partial charge is 0.325 e. The van der Waals surface area contributed by atoms with Gasteiger partial charge in [0.25, 0.3) is 0 Å². The predicted molar refractivity (Wildman–Crippen MR) is 122 cm³/mol. The Balaban J connectivity index is 1.67. The van der Waals surface area contributed by atoms with Crippen LogP contribution in [0.3, 0.4) is 0 Å². The van der Waals surface area contributed by atoms with E-state index in [4.69, 9.17) is 11.6 Å². The van der Waals surface area contributed by atoms with Crippen molar-refractivity contribution in [2.24, 2.45) is 0 Å². The van der Waals surface area contributed by atoms with Gasteiger partial charge in [0.15, 0.2) is 5.82 Å². The summed E-state index contributed by atoms with van der Waals surface area (Å²) in [5, 5.41) is 12.6. The van der Waals surface area contributed by atoms with Crippen molar-refractivity contribution in [1.82, 2.24) is 14.9 Å². The first-order valence-electron chi connectivity index (χ1n) is 9.97. The summed E-state index contributed by atoms with van der Waals surface area (Å²) in [6.45, 7) is 6.14.